The molecule has 0 aliphatic carbocycles. The van der Waals surface area contributed by atoms with E-state index in [1.165, 1.54) is 7.11 Å². The van der Waals surface area contributed by atoms with E-state index in [0.717, 1.165) is 25.3 Å². The number of carbonyl (C=O) groups is 1. The van der Waals surface area contributed by atoms with Crippen molar-refractivity contribution in [2.75, 3.05) is 27.4 Å². The van der Waals surface area contributed by atoms with Crippen molar-refractivity contribution in [3.63, 3.8) is 0 Å². The molecule has 18 heavy (non-hydrogen) atoms. The van der Waals surface area contributed by atoms with Gasteiger partial charge in [0.25, 0.3) is 0 Å². The zero-order chi connectivity index (χ0) is 13.4. The van der Waals surface area contributed by atoms with Crippen LogP contribution in [0.2, 0.25) is 0 Å². The Kier molecular flexibility index (Phi) is 6.39. The molecular formula is C14H21NO3. The third-order valence-electron chi connectivity index (χ3n) is 2.65. The zero-order valence-electron chi connectivity index (χ0n) is 11.2. The van der Waals surface area contributed by atoms with Crippen LogP contribution in [-0.4, -0.2) is 33.3 Å². The van der Waals surface area contributed by atoms with Gasteiger partial charge in [-0.2, -0.15) is 0 Å². The molecule has 0 radical (unpaired) electrons. The van der Waals surface area contributed by atoms with Gasteiger partial charge < -0.3 is 14.8 Å². The van der Waals surface area contributed by atoms with E-state index >= 15 is 0 Å². The Morgan fingerprint density at radius 2 is 1.94 bits per heavy atom. The van der Waals surface area contributed by atoms with Crippen LogP contribution in [0.5, 0.6) is 0 Å². The maximum Gasteiger partial charge on any atom is 0.337 e. The summed E-state index contributed by atoms with van der Waals surface area (Å²) in [5.74, 6) is 0.188. The SMILES string of the molecule is COCC(C)CNCc1ccc(C(=O)OC)cc1. The lowest BCUT2D eigenvalue weighted by atomic mass is 10.1. The van der Waals surface area contributed by atoms with Crippen LogP contribution in [0.15, 0.2) is 24.3 Å². The average Bonchev–Trinajstić information content (AvgIpc) is 2.39. The van der Waals surface area contributed by atoms with Crippen LogP contribution < -0.4 is 5.32 Å². The van der Waals surface area contributed by atoms with E-state index in [1.807, 2.05) is 12.1 Å². The van der Waals surface area contributed by atoms with Crippen LogP contribution in [0.3, 0.4) is 0 Å². The summed E-state index contributed by atoms with van der Waals surface area (Å²) in [6.45, 7) is 4.59. The van der Waals surface area contributed by atoms with Crippen molar-refractivity contribution in [3.8, 4) is 0 Å². The first-order valence-electron chi connectivity index (χ1n) is 6.04. The third-order valence-corrected chi connectivity index (χ3v) is 2.65. The molecule has 4 nitrogen and oxygen atoms in total. The van der Waals surface area contributed by atoms with Gasteiger partial charge in [0.1, 0.15) is 0 Å². The smallest absolute Gasteiger partial charge is 0.337 e. The Labute approximate surface area is 108 Å². The molecule has 0 aliphatic rings. The molecule has 0 spiro atoms. The highest BCUT2D eigenvalue weighted by atomic mass is 16.5. The summed E-state index contributed by atoms with van der Waals surface area (Å²) < 4.78 is 9.72. The van der Waals surface area contributed by atoms with Crippen LogP contribution in [0.4, 0.5) is 0 Å². The monoisotopic (exact) mass is 251 g/mol. The predicted octanol–water partition coefficient (Wildman–Crippen LogP) is 1.85. The minimum absolute atomic E-state index is 0.303. The molecule has 0 heterocycles. The first-order chi connectivity index (χ1) is 8.67. The van der Waals surface area contributed by atoms with Crippen LogP contribution in [0.25, 0.3) is 0 Å². The number of hydrogen-bond donors (Lipinski definition) is 1. The number of carbonyl (C=O) groups excluding carboxylic acids is 1. The number of ether oxygens (including phenoxy) is 2. The summed E-state index contributed by atoms with van der Waals surface area (Å²) in [4.78, 5) is 11.2. The van der Waals surface area contributed by atoms with Crippen molar-refractivity contribution in [1.29, 1.82) is 0 Å². The van der Waals surface area contributed by atoms with Gasteiger partial charge in [0.15, 0.2) is 0 Å². The summed E-state index contributed by atoms with van der Waals surface area (Å²) >= 11 is 0. The minimum Gasteiger partial charge on any atom is -0.465 e. The fourth-order valence-electron chi connectivity index (χ4n) is 1.68. The second-order valence-corrected chi connectivity index (χ2v) is 4.38. The van der Waals surface area contributed by atoms with Gasteiger partial charge in [0, 0.05) is 26.8 Å². The second kappa shape index (κ2) is 7.84. The molecule has 1 atom stereocenters. The summed E-state index contributed by atoms with van der Waals surface area (Å²) in [6.07, 6.45) is 0. The Bertz CT molecular complexity index is 362. The highest BCUT2D eigenvalue weighted by Gasteiger charge is 2.04. The molecule has 1 aromatic carbocycles. The Balaban J connectivity index is 2.37. The first-order valence-corrected chi connectivity index (χ1v) is 6.04. The molecule has 100 valence electrons. The summed E-state index contributed by atoms with van der Waals surface area (Å²) in [7, 11) is 3.09. The topological polar surface area (TPSA) is 47.6 Å². The van der Waals surface area contributed by atoms with Gasteiger partial charge in [0.2, 0.25) is 0 Å². The molecule has 1 N–H and O–H groups in total. The van der Waals surface area contributed by atoms with Crippen LogP contribution in [0.1, 0.15) is 22.8 Å². The molecule has 0 saturated heterocycles. The maximum absolute atomic E-state index is 11.2. The van der Waals surface area contributed by atoms with Crippen molar-refractivity contribution in [2.24, 2.45) is 5.92 Å². The van der Waals surface area contributed by atoms with E-state index in [-0.39, 0.29) is 5.97 Å². The van der Waals surface area contributed by atoms with Crippen molar-refractivity contribution in [2.45, 2.75) is 13.5 Å². The molecule has 1 rings (SSSR count). The van der Waals surface area contributed by atoms with Crippen LogP contribution in [-0.2, 0) is 16.0 Å². The summed E-state index contributed by atoms with van der Waals surface area (Å²) in [5, 5.41) is 3.35. The Hall–Kier alpha value is -1.39. The van der Waals surface area contributed by atoms with E-state index in [1.54, 1.807) is 19.2 Å². The van der Waals surface area contributed by atoms with E-state index in [2.05, 4.69) is 17.0 Å². The summed E-state index contributed by atoms with van der Waals surface area (Å²) in [6, 6.07) is 7.42. The fraction of sp³-hybridized carbons (Fsp3) is 0.500. The van der Waals surface area contributed by atoms with Gasteiger partial charge in [-0.15, -0.1) is 0 Å². The highest BCUT2D eigenvalue weighted by molar-refractivity contribution is 5.89. The minimum atomic E-state index is -0.303. The lowest BCUT2D eigenvalue weighted by Gasteiger charge is -2.11. The fourth-order valence-corrected chi connectivity index (χ4v) is 1.68. The van der Waals surface area contributed by atoms with Gasteiger partial charge in [-0.25, -0.2) is 4.79 Å². The van der Waals surface area contributed by atoms with E-state index in [9.17, 15) is 4.79 Å². The molecule has 1 aromatic rings. The van der Waals surface area contributed by atoms with Crippen LogP contribution >= 0.6 is 0 Å². The quantitative estimate of drug-likeness (QED) is 0.751. The van der Waals surface area contributed by atoms with Gasteiger partial charge in [-0.3, -0.25) is 0 Å². The van der Waals surface area contributed by atoms with Crippen molar-refractivity contribution >= 4 is 5.97 Å². The van der Waals surface area contributed by atoms with Gasteiger partial charge in [0.05, 0.1) is 12.7 Å². The van der Waals surface area contributed by atoms with Gasteiger partial charge in [-0.05, 0) is 23.6 Å². The van der Waals surface area contributed by atoms with Crippen LogP contribution in [0, 0.1) is 5.92 Å². The molecule has 0 saturated carbocycles. The normalized spacial score (nSPS) is 12.2. The maximum atomic E-state index is 11.2. The number of benzene rings is 1. The lowest BCUT2D eigenvalue weighted by molar-refractivity contribution is 0.0600. The number of nitrogens with one attached hydrogen (secondary N) is 1. The van der Waals surface area contributed by atoms with Gasteiger partial charge in [-0.1, -0.05) is 19.1 Å². The zero-order valence-corrected chi connectivity index (χ0v) is 11.2. The number of hydrogen-bond acceptors (Lipinski definition) is 4. The standard InChI is InChI=1S/C14H21NO3/c1-11(10-17-2)8-15-9-12-4-6-13(7-5-12)14(16)18-3/h4-7,11,15H,8-10H2,1-3H3. The Morgan fingerprint density at radius 3 is 2.50 bits per heavy atom. The van der Waals surface area contributed by atoms with E-state index in [0.29, 0.717) is 11.5 Å². The number of rotatable bonds is 7. The van der Waals surface area contributed by atoms with Crippen molar-refractivity contribution in [3.05, 3.63) is 35.4 Å². The van der Waals surface area contributed by atoms with Crippen molar-refractivity contribution in [1.82, 2.24) is 5.32 Å². The van der Waals surface area contributed by atoms with E-state index < -0.39 is 0 Å². The molecule has 0 aliphatic heterocycles. The molecule has 0 aromatic heterocycles. The second-order valence-electron chi connectivity index (χ2n) is 4.38. The molecule has 1 unspecified atom stereocenters. The molecular weight excluding hydrogens is 230 g/mol. The molecule has 0 bridgehead atoms. The largest absolute Gasteiger partial charge is 0.465 e. The molecule has 4 heteroatoms. The summed E-state index contributed by atoms with van der Waals surface area (Å²) in [5.41, 5.74) is 1.72. The molecule has 0 amide bonds. The highest BCUT2D eigenvalue weighted by Crippen LogP contribution is 2.05. The third kappa shape index (κ3) is 4.85. The van der Waals surface area contributed by atoms with E-state index in [4.69, 9.17) is 4.74 Å². The average molecular weight is 251 g/mol. The van der Waals surface area contributed by atoms with Gasteiger partial charge >= 0.3 is 5.97 Å². The molecule has 0 fully saturated rings. The Morgan fingerprint density at radius 1 is 1.28 bits per heavy atom. The van der Waals surface area contributed by atoms with Crippen molar-refractivity contribution < 1.29 is 14.3 Å². The first kappa shape index (κ1) is 14.7. The predicted molar refractivity (Wildman–Crippen MR) is 70.5 cm³/mol. The lowest BCUT2D eigenvalue weighted by Crippen LogP contribution is -2.23. The number of methoxy groups -OCH3 is 2. The number of esters is 1.